The molecule has 0 saturated carbocycles. The molecule has 2 aliphatic heterocycles. The third-order valence-corrected chi connectivity index (χ3v) is 4.75. The maximum Gasteiger partial charge on any atom is 0.110 e. The van der Waals surface area contributed by atoms with Gasteiger partial charge < -0.3 is 9.64 Å². The Bertz CT molecular complexity index is 557. The Labute approximate surface area is 180 Å². The highest BCUT2D eigenvalue weighted by Gasteiger charge is 2.34. The van der Waals surface area contributed by atoms with Crippen LogP contribution in [0.15, 0.2) is 29.3 Å². The third kappa shape index (κ3) is 5.28. The van der Waals surface area contributed by atoms with E-state index in [2.05, 4.69) is 55.0 Å². The van der Waals surface area contributed by atoms with Gasteiger partial charge in [0, 0.05) is 38.6 Å². The number of aliphatic imine (C=N–C) groups is 1. The predicted octanol–water partition coefficient (Wildman–Crippen LogP) is 4.15. The largest absolute Gasteiger partial charge is 0.379 e. The van der Waals surface area contributed by atoms with Crippen LogP contribution in [-0.2, 0) is 11.3 Å². The minimum Gasteiger partial charge on any atom is -0.379 e. The fourth-order valence-electron chi connectivity index (χ4n) is 3.29. The van der Waals surface area contributed by atoms with E-state index in [1.54, 1.807) is 0 Å². The van der Waals surface area contributed by atoms with E-state index in [1.165, 1.54) is 17.8 Å². The maximum atomic E-state index is 5.44. The summed E-state index contributed by atoms with van der Waals surface area (Å²) in [7, 11) is 2.15. The van der Waals surface area contributed by atoms with Gasteiger partial charge in [0.15, 0.2) is 0 Å². The monoisotopic (exact) mass is 557 g/mol. The number of para-hydroxylation sites is 1. The summed E-state index contributed by atoms with van der Waals surface area (Å²) < 4.78 is 5.44. The van der Waals surface area contributed by atoms with Gasteiger partial charge in [-0.3, -0.25) is 4.90 Å². The minimum atomic E-state index is 0. The first-order chi connectivity index (χ1) is 10.6. The van der Waals surface area contributed by atoms with Crippen LogP contribution >= 0.6 is 48.0 Å². The number of likely N-dealkylation sites (tertiary alicyclic amines) is 1. The number of amidine groups is 1. The average Bonchev–Trinajstić information content (AvgIpc) is 2.77. The first kappa shape index (κ1) is 22.1. The lowest BCUT2D eigenvalue weighted by molar-refractivity contribution is 0.0342. The van der Waals surface area contributed by atoms with Crippen molar-refractivity contribution in [2.75, 3.05) is 39.9 Å². The Morgan fingerprint density at radius 3 is 2.38 bits per heavy atom. The van der Waals surface area contributed by atoms with Crippen LogP contribution < -0.4 is 0 Å². The molecule has 0 N–H and O–H groups in total. The SMILES string of the molecule is CN1CCC(C)(C)/C1=N\c1ccccc1CN1CCOCC1.I.I. The Morgan fingerprint density at radius 2 is 1.75 bits per heavy atom. The molecule has 3 rings (SSSR count). The summed E-state index contributed by atoms with van der Waals surface area (Å²) >= 11 is 0. The lowest BCUT2D eigenvalue weighted by atomic mass is 9.91. The van der Waals surface area contributed by atoms with E-state index in [0.29, 0.717) is 0 Å². The van der Waals surface area contributed by atoms with E-state index < -0.39 is 0 Å². The van der Waals surface area contributed by atoms with E-state index in [-0.39, 0.29) is 53.4 Å². The van der Waals surface area contributed by atoms with Crippen molar-refractivity contribution in [3.8, 4) is 0 Å². The zero-order valence-electron chi connectivity index (χ0n) is 14.8. The number of hydrogen-bond acceptors (Lipinski definition) is 3. The summed E-state index contributed by atoms with van der Waals surface area (Å²) in [6, 6.07) is 8.55. The Hall–Kier alpha value is 0.0700. The van der Waals surface area contributed by atoms with Crippen LogP contribution in [0.4, 0.5) is 5.69 Å². The molecule has 0 amide bonds. The molecule has 6 heteroatoms. The highest BCUT2D eigenvalue weighted by Crippen LogP contribution is 2.33. The number of halogens is 2. The van der Waals surface area contributed by atoms with Gasteiger partial charge in [-0.1, -0.05) is 32.0 Å². The van der Waals surface area contributed by atoms with Crippen LogP contribution in [0.25, 0.3) is 0 Å². The van der Waals surface area contributed by atoms with Crippen LogP contribution in [0.5, 0.6) is 0 Å². The summed E-state index contributed by atoms with van der Waals surface area (Å²) in [5, 5.41) is 0. The van der Waals surface area contributed by atoms with Gasteiger partial charge in [-0.15, -0.1) is 48.0 Å². The Kier molecular flexibility index (Phi) is 8.92. The molecule has 0 aromatic heterocycles. The van der Waals surface area contributed by atoms with Gasteiger partial charge in [0.05, 0.1) is 18.9 Å². The molecule has 0 unspecified atom stereocenters. The first-order valence-electron chi connectivity index (χ1n) is 8.24. The van der Waals surface area contributed by atoms with Crippen molar-refractivity contribution >= 4 is 59.5 Å². The van der Waals surface area contributed by atoms with Crippen molar-refractivity contribution in [1.29, 1.82) is 0 Å². The van der Waals surface area contributed by atoms with E-state index in [0.717, 1.165) is 45.1 Å². The molecule has 4 nitrogen and oxygen atoms in total. The zero-order valence-corrected chi connectivity index (χ0v) is 19.5. The maximum absolute atomic E-state index is 5.44. The summed E-state index contributed by atoms with van der Waals surface area (Å²) in [5.74, 6) is 1.21. The van der Waals surface area contributed by atoms with E-state index in [1.807, 2.05) is 0 Å². The molecule has 0 bridgehead atoms. The highest BCUT2D eigenvalue weighted by molar-refractivity contribution is 14.0. The third-order valence-electron chi connectivity index (χ3n) is 4.75. The van der Waals surface area contributed by atoms with Crippen molar-refractivity contribution < 1.29 is 4.74 Å². The molecule has 1 aromatic carbocycles. The minimum absolute atomic E-state index is 0. The highest BCUT2D eigenvalue weighted by atomic mass is 127. The van der Waals surface area contributed by atoms with Gasteiger partial charge in [0.2, 0.25) is 0 Å². The number of benzene rings is 1. The molecule has 2 aliphatic rings. The number of morpholine rings is 1. The van der Waals surface area contributed by atoms with Crippen LogP contribution in [-0.4, -0.2) is 55.5 Å². The van der Waals surface area contributed by atoms with Crippen molar-refractivity contribution in [3.05, 3.63) is 29.8 Å². The molecule has 24 heavy (non-hydrogen) atoms. The van der Waals surface area contributed by atoms with Gasteiger partial charge >= 0.3 is 0 Å². The van der Waals surface area contributed by atoms with Crippen molar-refractivity contribution in [2.45, 2.75) is 26.8 Å². The molecule has 136 valence electrons. The average molecular weight is 557 g/mol. The van der Waals surface area contributed by atoms with Gasteiger partial charge in [-0.25, -0.2) is 4.99 Å². The Morgan fingerprint density at radius 1 is 1.08 bits per heavy atom. The number of ether oxygens (including phenoxy) is 1. The molecule has 2 fully saturated rings. The second-order valence-corrected chi connectivity index (χ2v) is 7.01. The van der Waals surface area contributed by atoms with Crippen LogP contribution in [0, 0.1) is 5.41 Å². The lowest BCUT2D eigenvalue weighted by Crippen LogP contribution is -2.35. The number of hydrogen-bond donors (Lipinski definition) is 0. The fraction of sp³-hybridized carbons (Fsp3) is 0.611. The fourth-order valence-corrected chi connectivity index (χ4v) is 3.29. The van der Waals surface area contributed by atoms with Crippen molar-refractivity contribution in [1.82, 2.24) is 9.80 Å². The first-order valence-corrected chi connectivity index (χ1v) is 8.24. The van der Waals surface area contributed by atoms with Gasteiger partial charge in [0.1, 0.15) is 5.84 Å². The van der Waals surface area contributed by atoms with Crippen LogP contribution in [0.3, 0.4) is 0 Å². The van der Waals surface area contributed by atoms with Crippen molar-refractivity contribution in [3.63, 3.8) is 0 Å². The van der Waals surface area contributed by atoms with E-state index in [4.69, 9.17) is 9.73 Å². The molecule has 0 radical (unpaired) electrons. The smallest absolute Gasteiger partial charge is 0.110 e. The summed E-state index contributed by atoms with van der Waals surface area (Å²) in [5.41, 5.74) is 2.60. The molecule has 1 aromatic rings. The molecular weight excluding hydrogens is 528 g/mol. The molecular formula is C18H29I2N3O. The van der Waals surface area contributed by atoms with Crippen LogP contribution in [0.1, 0.15) is 25.8 Å². The second-order valence-electron chi connectivity index (χ2n) is 7.01. The quantitative estimate of drug-likeness (QED) is 0.524. The van der Waals surface area contributed by atoms with Gasteiger partial charge in [-0.05, 0) is 18.1 Å². The summed E-state index contributed by atoms with van der Waals surface area (Å²) in [6.45, 7) is 10.3. The number of nitrogens with zero attached hydrogens (tertiary/aromatic N) is 3. The molecule has 0 spiro atoms. The standard InChI is InChI=1S/C18H27N3O.2HI/c1-18(2)8-9-20(3)17(18)19-16-7-5-4-6-15(16)14-21-10-12-22-13-11-21;;/h4-7H,8-14H2,1-3H3;2*1H/b19-17+;;. The normalized spacial score (nSPS) is 22.1. The topological polar surface area (TPSA) is 28.1 Å². The molecule has 0 atom stereocenters. The summed E-state index contributed by atoms with van der Waals surface area (Å²) in [6.07, 6.45) is 1.17. The summed E-state index contributed by atoms with van der Waals surface area (Å²) in [4.78, 5) is 9.79. The van der Waals surface area contributed by atoms with Gasteiger partial charge in [0.25, 0.3) is 0 Å². The molecule has 2 heterocycles. The molecule has 0 aliphatic carbocycles. The van der Waals surface area contributed by atoms with Crippen molar-refractivity contribution in [2.24, 2.45) is 10.4 Å². The van der Waals surface area contributed by atoms with E-state index >= 15 is 0 Å². The Balaban J connectivity index is 0.00000144. The number of rotatable bonds is 3. The van der Waals surface area contributed by atoms with Crippen LogP contribution in [0.2, 0.25) is 0 Å². The zero-order chi connectivity index (χ0) is 15.6. The predicted molar refractivity (Wildman–Crippen MR) is 121 cm³/mol. The molecule has 2 saturated heterocycles. The van der Waals surface area contributed by atoms with Gasteiger partial charge in [-0.2, -0.15) is 0 Å². The lowest BCUT2D eigenvalue weighted by Gasteiger charge is -2.27. The van der Waals surface area contributed by atoms with E-state index in [9.17, 15) is 0 Å². The second kappa shape index (κ2) is 9.68.